The lowest BCUT2D eigenvalue weighted by Crippen LogP contribution is -2.43. The maximum Gasteiger partial charge on any atom is 0.251 e. The molecule has 2 aromatic rings. The van der Waals surface area contributed by atoms with Gasteiger partial charge >= 0.3 is 0 Å². The van der Waals surface area contributed by atoms with Crippen LogP contribution in [0.3, 0.4) is 0 Å². The van der Waals surface area contributed by atoms with Crippen molar-refractivity contribution in [3.63, 3.8) is 0 Å². The fraction of sp³-hybridized carbons (Fsp3) is 0.316. The molecule has 1 fully saturated rings. The molecule has 0 aliphatic carbocycles. The van der Waals surface area contributed by atoms with E-state index in [1.165, 1.54) is 36.4 Å². The van der Waals surface area contributed by atoms with Crippen LogP contribution in [0, 0.1) is 11.6 Å². The van der Waals surface area contributed by atoms with Gasteiger partial charge in [0.2, 0.25) is 0 Å². The highest BCUT2D eigenvalue weighted by Crippen LogP contribution is 2.22. The van der Waals surface area contributed by atoms with E-state index < -0.39 is 0 Å². The summed E-state index contributed by atoms with van der Waals surface area (Å²) in [6, 6.07) is 11.7. The van der Waals surface area contributed by atoms with Crippen molar-refractivity contribution in [2.24, 2.45) is 0 Å². The lowest BCUT2D eigenvalue weighted by atomic mass is 10.0. The number of nitrogens with zero attached hydrogens (tertiary/aromatic N) is 1. The topological polar surface area (TPSA) is 41.6 Å². The molecule has 25 heavy (non-hydrogen) atoms. The molecule has 0 saturated carbocycles. The first-order valence-electron chi connectivity index (χ1n) is 8.24. The van der Waals surface area contributed by atoms with Crippen molar-refractivity contribution in [3.8, 4) is 0 Å². The lowest BCUT2D eigenvalue weighted by molar-refractivity contribution is 0.0162. The zero-order chi connectivity index (χ0) is 17.6. The molecular weight excluding hydrogens is 326 g/mol. The number of nitrogens with one attached hydrogen (secondary N) is 1. The summed E-state index contributed by atoms with van der Waals surface area (Å²) in [6.07, 6.45) is 0. The number of carbonyl (C=O) groups is 1. The predicted molar refractivity (Wildman–Crippen MR) is 90.3 cm³/mol. The number of benzene rings is 2. The van der Waals surface area contributed by atoms with E-state index in [0.29, 0.717) is 25.3 Å². The zero-order valence-corrected chi connectivity index (χ0v) is 13.8. The Kier molecular flexibility index (Phi) is 5.73. The Hall–Kier alpha value is -2.31. The maximum atomic E-state index is 13.2. The van der Waals surface area contributed by atoms with E-state index in [9.17, 15) is 13.6 Å². The normalized spacial score (nSPS) is 16.4. The average Bonchev–Trinajstić information content (AvgIpc) is 2.64. The second-order valence-electron chi connectivity index (χ2n) is 5.93. The molecule has 1 heterocycles. The Bertz CT molecular complexity index is 698. The van der Waals surface area contributed by atoms with Crippen molar-refractivity contribution in [2.75, 3.05) is 32.8 Å². The van der Waals surface area contributed by atoms with Crippen molar-refractivity contribution >= 4 is 5.91 Å². The van der Waals surface area contributed by atoms with Crippen molar-refractivity contribution < 1.29 is 18.3 Å². The van der Waals surface area contributed by atoms with E-state index in [2.05, 4.69) is 10.2 Å². The molecule has 1 amide bonds. The molecule has 1 saturated heterocycles. The second kappa shape index (κ2) is 8.18. The Balaban J connectivity index is 1.71. The van der Waals surface area contributed by atoms with E-state index in [4.69, 9.17) is 4.74 Å². The number of halogens is 2. The van der Waals surface area contributed by atoms with Gasteiger partial charge in [0, 0.05) is 25.2 Å². The number of hydrogen-bond donors (Lipinski definition) is 1. The lowest BCUT2D eigenvalue weighted by Gasteiger charge is -2.35. The third-order valence-electron chi connectivity index (χ3n) is 4.30. The first-order valence-corrected chi connectivity index (χ1v) is 8.24. The number of rotatable bonds is 5. The van der Waals surface area contributed by atoms with Gasteiger partial charge in [-0.2, -0.15) is 0 Å². The van der Waals surface area contributed by atoms with Crippen LogP contribution in [0.15, 0.2) is 48.5 Å². The van der Waals surface area contributed by atoms with E-state index in [0.717, 1.165) is 18.7 Å². The first-order chi connectivity index (χ1) is 12.1. The van der Waals surface area contributed by atoms with Gasteiger partial charge in [-0.05, 0) is 42.0 Å². The van der Waals surface area contributed by atoms with Crippen LogP contribution in [0.25, 0.3) is 0 Å². The second-order valence-corrected chi connectivity index (χ2v) is 5.93. The molecule has 0 radical (unpaired) electrons. The summed E-state index contributed by atoms with van der Waals surface area (Å²) in [6.45, 7) is 3.12. The van der Waals surface area contributed by atoms with Gasteiger partial charge in [0.1, 0.15) is 11.6 Å². The van der Waals surface area contributed by atoms with E-state index >= 15 is 0 Å². The largest absolute Gasteiger partial charge is 0.379 e. The third-order valence-corrected chi connectivity index (χ3v) is 4.30. The number of carbonyl (C=O) groups excluding carboxylic acids is 1. The number of ether oxygens (including phenoxy) is 1. The minimum absolute atomic E-state index is 0.0751. The highest BCUT2D eigenvalue weighted by atomic mass is 19.1. The Morgan fingerprint density at radius 3 is 2.16 bits per heavy atom. The van der Waals surface area contributed by atoms with Crippen molar-refractivity contribution in [1.29, 1.82) is 0 Å². The van der Waals surface area contributed by atoms with Gasteiger partial charge in [-0.25, -0.2) is 8.78 Å². The number of amides is 1. The van der Waals surface area contributed by atoms with Gasteiger partial charge in [-0.15, -0.1) is 0 Å². The minimum Gasteiger partial charge on any atom is -0.379 e. The number of hydrogen-bond acceptors (Lipinski definition) is 3. The molecule has 1 unspecified atom stereocenters. The Labute approximate surface area is 145 Å². The smallest absolute Gasteiger partial charge is 0.251 e. The minimum atomic E-state index is -0.381. The van der Waals surface area contributed by atoms with Crippen molar-refractivity contribution in [2.45, 2.75) is 6.04 Å². The fourth-order valence-electron chi connectivity index (χ4n) is 2.92. The molecule has 3 rings (SSSR count). The molecule has 1 aliphatic heterocycles. The van der Waals surface area contributed by atoms with E-state index in [1.807, 2.05) is 0 Å². The predicted octanol–water partition coefficient (Wildman–Crippen LogP) is 2.77. The van der Waals surface area contributed by atoms with Gasteiger partial charge < -0.3 is 10.1 Å². The highest BCUT2D eigenvalue weighted by molar-refractivity contribution is 5.94. The number of morpholine rings is 1. The maximum absolute atomic E-state index is 13.2. The fourth-order valence-corrected chi connectivity index (χ4v) is 2.92. The zero-order valence-electron chi connectivity index (χ0n) is 13.8. The standard InChI is InChI=1S/C19H20F2N2O2/c20-16-5-1-14(2-6-16)18(23-9-11-25-12-10-23)13-22-19(24)15-3-7-17(21)8-4-15/h1-8,18H,9-13H2,(H,22,24). The van der Waals surface area contributed by atoms with Gasteiger partial charge in [0.25, 0.3) is 5.91 Å². The van der Waals surface area contributed by atoms with Crippen molar-refractivity contribution in [3.05, 3.63) is 71.3 Å². The summed E-state index contributed by atoms with van der Waals surface area (Å²) >= 11 is 0. The van der Waals surface area contributed by atoms with Crippen LogP contribution in [0.5, 0.6) is 0 Å². The molecule has 0 aromatic heterocycles. The molecule has 0 bridgehead atoms. The summed E-state index contributed by atoms with van der Waals surface area (Å²) in [4.78, 5) is 14.5. The molecule has 6 heteroatoms. The molecule has 132 valence electrons. The SMILES string of the molecule is O=C(NCC(c1ccc(F)cc1)N1CCOCC1)c1ccc(F)cc1. The average molecular weight is 346 g/mol. The van der Waals surface area contributed by atoms with E-state index in [1.54, 1.807) is 12.1 Å². The third kappa shape index (κ3) is 4.61. The van der Waals surface area contributed by atoms with Gasteiger partial charge in [0.05, 0.1) is 19.3 Å². The molecule has 1 atom stereocenters. The molecule has 2 aromatic carbocycles. The summed E-state index contributed by atoms with van der Waals surface area (Å²) in [5.41, 5.74) is 1.34. The molecule has 1 N–H and O–H groups in total. The quantitative estimate of drug-likeness (QED) is 0.905. The summed E-state index contributed by atoms with van der Waals surface area (Å²) < 4.78 is 31.6. The van der Waals surface area contributed by atoms with Crippen LogP contribution in [0.2, 0.25) is 0 Å². The Morgan fingerprint density at radius 1 is 1.00 bits per heavy atom. The van der Waals surface area contributed by atoms with Crippen LogP contribution in [0.4, 0.5) is 8.78 Å². The monoisotopic (exact) mass is 346 g/mol. The van der Waals surface area contributed by atoms with Gasteiger partial charge in [-0.1, -0.05) is 12.1 Å². The van der Waals surface area contributed by atoms with Crippen LogP contribution in [0.1, 0.15) is 22.0 Å². The Morgan fingerprint density at radius 2 is 1.56 bits per heavy atom. The van der Waals surface area contributed by atoms with Crippen LogP contribution in [-0.4, -0.2) is 43.7 Å². The summed E-state index contributed by atoms with van der Waals surface area (Å²) in [7, 11) is 0. The highest BCUT2D eigenvalue weighted by Gasteiger charge is 2.23. The molecule has 4 nitrogen and oxygen atoms in total. The van der Waals surface area contributed by atoms with Gasteiger partial charge in [0.15, 0.2) is 0 Å². The first kappa shape index (κ1) is 17.5. The van der Waals surface area contributed by atoms with Crippen LogP contribution in [-0.2, 0) is 4.74 Å². The van der Waals surface area contributed by atoms with Gasteiger partial charge in [-0.3, -0.25) is 9.69 Å². The van der Waals surface area contributed by atoms with E-state index in [-0.39, 0.29) is 23.6 Å². The van der Waals surface area contributed by atoms with Crippen LogP contribution >= 0.6 is 0 Å². The van der Waals surface area contributed by atoms with Crippen LogP contribution < -0.4 is 5.32 Å². The molecular formula is C19H20F2N2O2. The summed E-state index contributed by atoms with van der Waals surface area (Å²) in [5.74, 6) is -0.936. The molecule has 1 aliphatic rings. The van der Waals surface area contributed by atoms with Crippen molar-refractivity contribution in [1.82, 2.24) is 10.2 Å². The molecule has 0 spiro atoms. The summed E-state index contributed by atoms with van der Waals surface area (Å²) in [5, 5.41) is 2.89.